The fraction of sp³-hybridized carbons (Fsp3) is 0.286. The van der Waals surface area contributed by atoms with Crippen LogP contribution in [0.1, 0.15) is 55.6 Å². The van der Waals surface area contributed by atoms with Gasteiger partial charge in [-0.15, -0.1) is 0 Å². The van der Waals surface area contributed by atoms with Crippen molar-refractivity contribution in [3.05, 3.63) is 90.1 Å². The lowest BCUT2D eigenvalue weighted by Gasteiger charge is -2.25. The molecule has 0 spiro atoms. The van der Waals surface area contributed by atoms with Crippen LogP contribution in [0.15, 0.2) is 67.4 Å². The lowest BCUT2D eigenvalue weighted by atomic mass is 9.84. The van der Waals surface area contributed by atoms with E-state index in [2.05, 4.69) is 6.58 Å². The Hall–Kier alpha value is -3.25. The van der Waals surface area contributed by atoms with Crippen molar-refractivity contribution in [1.29, 1.82) is 0 Å². The lowest BCUT2D eigenvalue weighted by molar-refractivity contribution is -0.140. The number of carbonyl (C=O) groups is 1. The van der Waals surface area contributed by atoms with Gasteiger partial charge in [0.1, 0.15) is 11.9 Å². The second-order valence-electron chi connectivity index (χ2n) is 8.67. The number of esters is 1. The molecule has 36 heavy (non-hydrogen) atoms. The van der Waals surface area contributed by atoms with Crippen LogP contribution in [-0.4, -0.2) is 27.1 Å². The number of ether oxygens (including phenoxy) is 1. The van der Waals surface area contributed by atoms with E-state index in [4.69, 9.17) is 9.72 Å². The average molecular weight is 511 g/mol. The van der Waals surface area contributed by atoms with Gasteiger partial charge >= 0.3 is 14.0 Å². The van der Waals surface area contributed by atoms with Gasteiger partial charge in [-0.1, -0.05) is 69.8 Å². The number of benzene rings is 2. The normalized spacial score (nSPS) is 13.2. The van der Waals surface area contributed by atoms with Crippen LogP contribution in [0.3, 0.4) is 0 Å². The van der Waals surface area contributed by atoms with E-state index < -0.39 is 38.0 Å². The van der Waals surface area contributed by atoms with Crippen LogP contribution < -0.4 is 0 Å². The number of nitrogens with zero attached hydrogens (tertiary/aromatic N) is 1. The Labute approximate surface area is 211 Å². The van der Waals surface area contributed by atoms with Gasteiger partial charge in [0.2, 0.25) is 5.66 Å². The molecule has 0 bridgehead atoms. The summed E-state index contributed by atoms with van der Waals surface area (Å²) in [6, 6.07) is 15.4. The summed E-state index contributed by atoms with van der Waals surface area (Å²) in [6.07, 6.45) is -0.589. The minimum absolute atomic E-state index is 0.197. The third-order valence-corrected chi connectivity index (χ3v) is 7.01. The van der Waals surface area contributed by atoms with E-state index in [-0.39, 0.29) is 5.92 Å². The van der Waals surface area contributed by atoms with Gasteiger partial charge in [0.15, 0.2) is 0 Å². The molecule has 0 saturated heterocycles. The molecule has 3 aromatic rings. The van der Waals surface area contributed by atoms with Crippen LogP contribution in [0, 0.1) is 5.82 Å². The third-order valence-electron chi connectivity index (χ3n) is 5.93. The van der Waals surface area contributed by atoms with Crippen molar-refractivity contribution in [1.82, 2.24) is 4.98 Å². The Kier molecular flexibility index (Phi) is 9.21. The molecule has 0 fully saturated rings. The van der Waals surface area contributed by atoms with E-state index in [1.54, 1.807) is 12.1 Å². The molecular weight excluding hydrogens is 480 g/mol. The first-order chi connectivity index (χ1) is 17.2. The summed E-state index contributed by atoms with van der Waals surface area (Å²) < 4.78 is 31.4. The minimum atomic E-state index is -3.00. The quantitative estimate of drug-likeness (QED) is 0.185. The maximum Gasteiger partial charge on any atom is 0.516 e. The highest BCUT2D eigenvalue weighted by molar-refractivity contribution is 7.38. The summed E-state index contributed by atoms with van der Waals surface area (Å²) in [5.74, 6) is -1.40. The highest BCUT2D eigenvalue weighted by Gasteiger charge is 2.44. The fourth-order valence-electron chi connectivity index (χ4n) is 4.40. The second-order valence-corrected chi connectivity index (χ2v) is 9.83. The molecule has 0 saturated carbocycles. The largest absolute Gasteiger partial charge is 0.516 e. The Balaban J connectivity index is 2.42. The topological polar surface area (TPSA) is 96.7 Å². The van der Waals surface area contributed by atoms with E-state index in [1.165, 1.54) is 12.1 Å². The smallest absolute Gasteiger partial charge is 0.435 e. The zero-order valence-electron chi connectivity index (χ0n) is 20.5. The number of carbonyl (C=O) groups excluding carboxylic acids is 1. The van der Waals surface area contributed by atoms with E-state index in [1.807, 2.05) is 51.1 Å². The Bertz CT molecular complexity index is 1250. The number of hydrogen-bond acceptors (Lipinski definition) is 5. The van der Waals surface area contributed by atoms with E-state index in [0.717, 1.165) is 17.4 Å². The van der Waals surface area contributed by atoms with E-state index in [0.29, 0.717) is 34.5 Å². The van der Waals surface area contributed by atoms with Crippen molar-refractivity contribution in [2.24, 2.45) is 0 Å². The van der Waals surface area contributed by atoms with Crippen molar-refractivity contribution < 1.29 is 28.5 Å². The molecule has 1 aromatic heterocycles. The summed E-state index contributed by atoms with van der Waals surface area (Å²) in [4.78, 5) is 27.5. The van der Waals surface area contributed by atoms with Gasteiger partial charge in [-0.25, -0.2) is 4.39 Å². The van der Waals surface area contributed by atoms with Crippen LogP contribution in [0.2, 0.25) is 0 Å². The predicted molar refractivity (Wildman–Crippen MR) is 138 cm³/mol. The summed E-state index contributed by atoms with van der Waals surface area (Å²) in [6.45, 7) is 9.09. The SMILES string of the molecule is C=COC(=O)CC(O)C(c1c(C(C)C)nc(-c2ccccc2)c(CC)c1-c1ccc(F)cc1)[P+](=O)O. The predicted octanol–water partition coefficient (Wildman–Crippen LogP) is 6.45. The molecule has 0 aliphatic heterocycles. The molecule has 3 rings (SSSR count). The van der Waals surface area contributed by atoms with Crippen molar-refractivity contribution in [3.63, 3.8) is 0 Å². The molecule has 0 aliphatic rings. The number of halogens is 1. The molecule has 0 radical (unpaired) electrons. The molecule has 0 aliphatic carbocycles. The number of pyridine rings is 1. The molecule has 188 valence electrons. The van der Waals surface area contributed by atoms with Gasteiger partial charge in [0.25, 0.3) is 0 Å². The standard InChI is InChI=1S/C28H29FNO5P/c1-5-21-24(18-12-14-20(29)15-13-18)25(28(36(33)34)22(31)16-23(32)35-6-2)26(17(3)4)30-27(21)19-10-8-7-9-11-19/h6-15,17,22,28,31H,2,5,16H2,1,3-4H3/p+1. The van der Waals surface area contributed by atoms with Crippen LogP contribution >= 0.6 is 8.03 Å². The maximum absolute atomic E-state index is 13.9. The van der Waals surface area contributed by atoms with Crippen molar-refractivity contribution >= 4 is 14.0 Å². The average Bonchev–Trinajstić information content (AvgIpc) is 2.84. The molecule has 1 heterocycles. The first-order valence-corrected chi connectivity index (χ1v) is 13.0. The Morgan fingerprint density at radius 2 is 1.78 bits per heavy atom. The monoisotopic (exact) mass is 510 g/mol. The summed E-state index contributed by atoms with van der Waals surface area (Å²) in [5, 5.41) is 11.0. The Morgan fingerprint density at radius 1 is 1.14 bits per heavy atom. The van der Waals surface area contributed by atoms with Crippen LogP contribution in [0.25, 0.3) is 22.4 Å². The van der Waals surface area contributed by atoms with Crippen LogP contribution in [-0.2, 0) is 20.5 Å². The van der Waals surface area contributed by atoms with Crippen molar-refractivity contribution in [2.75, 3.05) is 0 Å². The number of hydrogen-bond donors (Lipinski definition) is 2. The number of aliphatic hydroxyl groups is 1. The first kappa shape index (κ1) is 27.3. The first-order valence-electron chi connectivity index (χ1n) is 11.7. The second kappa shape index (κ2) is 12.1. The lowest BCUT2D eigenvalue weighted by Crippen LogP contribution is -2.24. The molecule has 0 amide bonds. The zero-order valence-corrected chi connectivity index (χ0v) is 21.4. The van der Waals surface area contributed by atoms with E-state index >= 15 is 0 Å². The molecule has 8 heteroatoms. The number of aromatic nitrogens is 1. The third kappa shape index (κ3) is 5.93. The molecule has 2 N–H and O–H groups in total. The highest BCUT2D eigenvalue weighted by atomic mass is 31.1. The van der Waals surface area contributed by atoms with Gasteiger partial charge < -0.3 is 9.84 Å². The minimum Gasteiger partial charge on any atom is -0.435 e. The van der Waals surface area contributed by atoms with Gasteiger partial charge in [-0.3, -0.25) is 9.78 Å². The fourth-order valence-corrected chi connectivity index (χ4v) is 5.28. The molecule has 6 nitrogen and oxygen atoms in total. The van der Waals surface area contributed by atoms with Gasteiger partial charge in [-0.05, 0) is 45.7 Å². The summed E-state index contributed by atoms with van der Waals surface area (Å²) in [7, 11) is -3.00. The number of rotatable bonds is 10. The highest BCUT2D eigenvalue weighted by Crippen LogP contribution is 2.50. The molecule has 3 unspecified atom stereocenters. The van der Waals surface area contributed by atoms with Crippen molar-refractivity contribution in [3.8, 4) is 22.4 Å². The zero-order chi connectivity index (χ0) is 26.4. The van der Waals surface area contributed by atoms with Crippen LogP contribution in [0.5, 0.6) is 0 Å². The van der Waals surface area contributed by atoms with Crippen molar-refractivity contribution in [2.45, 2.75) is 51.3 Å². The molecule has 2 aromatic carbocycles. The molecule has 3 atom stereocenters. The van der Waals surface area contributed by atoms with Crippen LogP contribution in [0.4, 0.5) is 4.39 Å². The van der Waals surface area contributed by atoms with Gasteiger partial charge in [0, 0.05) is 11.1 Å². The summed E-state index contributed by atoms with van der Waals surface area (Å²) >= 11 is 0. The summed E-state index contributed by atoms with van der Waals surface area (Å²) in [5.41, 5.74) is 3.14. The maximum atomic E-state index is 13.9. The molecular formula is C28H30FNO5P+. The van der Waals surface area contributed by atoms with Gasteiger partial charge in [0.05, 0.1) is 24.1 Å². The number of aliphatic hydroxyl groups excluding tert-OH is 1. The van der Waals surface area contributed by atoms with Gasteiger partial charge in [-0.2, -0.15) is 4.89 Å². The van der Waals surface area contributed by atoms with E-state index in [9.17, 15) is 23.7 Å². The Morgan fingerprint density at radius 3 is 2.31 bits per heavy atom.